The Kier molecular flexibility index (Phi) is 6.42. The quantitative estimate of drug-likeness (QED) is 0.782. The monoisotopic (exact) mass is 312 g/mol. The van der Waals surface area contributed by atoms with Crippen LogP contribution in [0, 0.1) is 17.8 Å². The molecule has 2 aliphatic rings. The van der Waals surface area contributed by atoms with Gasteiger partial charge in [0.2, 0.25) is 5.91 Å². The van der Waals surface area contributed by atoms with Gasteiger partial charge in [-0.2, -0.15) is 11.8 Å². The maximum Gasteiger partial charge on any atom is 0.241 e. The molecule has 1 aliphatic carbocycles. The molecule has 4 atom stereocenters. The lowest BCUT2D eigenvalue weighted by Gasteiger charge is -2.31. The molecular formula is C17H32N2OS. The van der Waals surface area contributed by atoms with Gasteiger partial charge in [-0.25, -0.2) is 0 Å². The largest absolute Gasteiger partial charge is 0.325 e. The van der Waals surface area contributed by atoms with Gasteiger partial charge in [-0.3, -0.25) is 10.1 Å². The van der Waals surface area contributed by atoms with Crippen molar-refractivity contribution in [2.45, 2.75) is 65.1 Å². The lowest BCUT2D eigenvalue weighted by atomic mass is 9.99. The lowest BCUT2D eigenvalue weighted by Crippen LogP contribution is -2.44. The fourth-order valence-electron chi connectivity index (χ4n) is 3.84. The number of hydrogen-bond acceptors (Lipinski definition) is 3. The van der Waals surface area contributed by atoms with Crippen LogP contribution >= 0.6 is 11.8 Å². The Bertz CT molecular complexity index is 344. The van der Waals surface area contributed by atoms with Crippen LogP contribution in [0.5, 0.6) is 0 Å². The van der Waals surface area contributed by atoms with Crippen molar-refractivity contribution in [3.05, 3.63) is 0 Å². The van der Waals surface area contributed by atoms with Crippen LogP contribution in [0.4, 0.5) is 0 Å². The number of hydrogen-bond donors (Lipinski definition) is 1. The highest BCUT2D eigenvalue weighted by molar-refractivity contribution is 7.98. The van der Waals surface area contributed by atoms with Crippen LogP contribution in [0.2, 0.25) is 0 Å². The van der Waals surface area contributed by atoms with E-state index in [0.29, 0.717) is 29.8 Å². The molecule has 21 heavy (non-hydrogen) atoms. The van der Waals surface area contributed by atoms with E-state index in [-0.39, 0.29) is 6.04 Å². The molecule has 1 saturated heterocycles. The smallest absolute Gasteiger partial charge is 0.241 e. The first kappa shape index (κ1) is 17.1. The summed E-state index contributed by atoms with van der Waals surface area (Å²) >= 11 is 1.88. The van der Waals surface area contributed by atoms with Crippen LogP contribution in [-0.2, 0) is 4.79 Å². The molecule has 1 saturated carbocycles. The van der Waals surface area contributed by atoms with Gasteiger partial charge in [-0.05, 0) is 42.6 Å². The summed E-state index contributed by atoms with van der Waals surface area (Å²) in [6.07, 6.45) is 8.74. The molecule has 1 heterocycles. The van der Waals surface area contributed by atoms with E-state index in [1.54, 1.807) is 0 Å². The average molecular weight is 313 g/mol. The summed E-state index contributed by atoms with van der Waals surface area (Å²) in [6.45, 7) is 7.58. The summed E-state index contributed by atoms with van der Waals surface area (Å²) in [4.78, 5) is 15.1. The van der Waals surface area contributed by atoms with Crippen LogP contribution in [0.1, 0.15) is 52.9 Å². The molecule has 0 radical (unpaired) electrons. The molecule has 0 aromatic heterocycles. The third-order valence-electron chi connectivity index (χ3n) is 5.25. The second-order valence-corrected chi connectivity index (χ2v) is 7.98. The van der Waals surface area contributed by atoms with Gasteiger partial charge in [0.25, 0.3) is 0 Å². The van der Waals surface area contributed by atoms with E-state index < -0.39 is 0 Å². The second kappa shape index (κ2) is 7.87. The molecule has 0 bridgehead atoms. The molecule has 0 aromatic rings. The summed E-state index contributed by atoms with van der Waals surface area (Å²) < 4.78 is 0. The number of amides is 1. The van der Waals surface area contributed by atoms with Crippen molar-refractivity contribution >= 4 is 17.7 Å². The van der Waals surface area contributed by atoms with E-state index in [4.69, 9.17) is 0 Å². The molecule has 0 aromatic carbocycles. The highest BCUT2D eigenvalue weighted by atomic mass is 32.2. The third kappa shape index (κ3) is 3.95. The molecule has 4 heteroatoms. The predicted octanol–water partition coefficient (Wildman–Crippen LogP) is 3.35. The van der Waals surface area contributed by atoms with Crippen LogP contribution in [0.25, 0.3) is 0 Å². The van der Waals surface area contributed by atoms with Crippen LogP contribution < -0.4 is 5.32 Å². The van der Waals surface area contributed by atoms with Gasteiger partial charge >= 0.3 is 0 Å². The molecular weight excluding hydrogens is 280 g/mol. The van der Waals surface area contributed by atoms with Gasteiger partial charge in [0, 0.05) is 6.54 Å². The standard InChI is InChI=1S/C17H32N2OS/c1-5-13(3)15-17(20)19(10-12(2)11-21-4)16(18-15)14-8-6-7-9-14/h12-16,18H,5-11H2,1-4H3. The van der Waals surface area contributed by atoms with Crippen LogP contribution in [-0.4, -0.2) is 41.6 Å². The Labute approximate surface area is 134 Å². The molecule has 122 valence electrons. The Morgan fingerprint density at radius 1 is 1.33 bits per heavy atom. The summed E-state index contributed by atoms with van der Waals surface area (Å²) in [5.41, 5.74) is 0. The minimum atomic E-state index is 0.0436. The zero-order valence-corrected chi connectivity index (χ0v) is 14.9. The molecule has 1 N–H and O–H groups in total. The second-order valence-electron chi connectivity index (χ2n) is 7.07. The number of nitrogens with one attached hydrogen (secondary N) is 1. The highest BCUT2D eigenvalue weighted by Gasteiger charge is 2.44. The Morgan fingerprint density at radius 2 is 2.00 bits per heavy atom. The van der Waals surface area contributed by atoms with Gasteiger partial charge in [-0.15, -0.1) is 0 Å². The highest BCUT2D eigenvalue weighted by Crippen LogP contribution is 2.34. The Morgan fingerprint density at radius 3 is 2.57 bits per heavy atom. The van der Waals surface area contributed by atoms with E-state index >= 15 is 0 Å². The first-order chi connectivity index (χ1) is 10.1. The van der Waals surface area contributed by atoms with Crippen molar-refractivity contribution in [3.63, 3.8) is 0 Å². The van der Waals surface area contributed by atoms with Crippen LogP contribution in [0.15, 0.2) is 0 Å². The summed E-state index contributed by atoms with van der Waals surface area (Å²) in [6, 6.07) is 0.0436. The SMILES string of the molecule is CCC(C)C1NC(C2CCCC2)N(CC(C)CSC)C1=O. The molecule has 0 spiro atoms. The van der Waals surface area contributed by atoms with Gasteiger partial charge in [0.15, 0.2) is 0 Å². The van der Waals surface area contributed by atoms with Crippen molar-refractivity contribution < 1.29 is 4.79 Å². The Hall–Kier alpha value is -0.220. The fraction of sp³-hybridized carbons (Fsp3) is 0.941. The van der Waals surface area contributed by atoms with Crippen molar-refractivity contribution in [1.29, 1.82) is 0 Å². The molecule has 4 unspecified atom stereocenters. The predicted molar refractivity (Wildman–Crippen MR) is 91.4 cm³/mol. The van der Waals surface area contributed by atoms with E-state index in [1.165, 1.54) is 25.7 Å². The third-order valence-corrected chi connectivity index (χ3v) is 6.16. The van der Waals surface area contributed by atoms with Crippen molar-refractivity contribution in [1.82, 2.24) is 10.2 Å². The molecule has 3 nitrogen and oxygen atoms in total. The van der Waals surface area contributed by atoms with Crippen molar-refractivity contribution in [2.75, 3.05) is 18.6 Å². The first-order valence-corrected chi connectivity index (χ1v) is 10.0. The zero-order chi connectivity index (χ0) is 15.4. The average Bonchev–Trinajstić information content (AvgIpc) is 3.08. The maximum absolute atomic E-state index is 12.9. The van der Waals surface area contributed by atoms with E-state index in [2.05, 4.69) is 37.2 Å². The van der Waals surface area contributed by atoms with Gasteiger partial charge < -0.3 is 4.90 Å². The lowest BCUT2D eigenvalue weighted by molar-refractivity contribution is -0.131. The minimum Gasteiger partial charge on any atom is -0.325 e. The number of rotatable bonds is 7. The van der Waals surface area contributed by atoms with E-state index in [1.807, 2.05) is 11.8 Å². The minimum absolute atomic E-state index is 0.0436. The summed E-state index contributed by atoms with van der Waals surface area (Å²) in [5.74, 6) is 3.17. The number of carbonyl (C=O) groups is 1. The first-order valence-electron chi connectivity index (χ1n) is 8.63. The molecule has 2 fully saturated rings. The topological polar surface area (TPSA) is 32.3 Å². The number of nitrogens with zero attached hydrogens (tertiary/aromatic N) is 1. The fourth-order valence-corrected chi connectivity index (χ4v) is 4.52. The summed E-state index contributed by atoms with van der Waals surface area (Å²) in [7, 11) is 0. The van der Waals surface area contributed by atoms with Gasteiger partial charge in [0.05, 0.1) is 12.2 Å². The van der Waals surface area contributed by atoms with Crippen molar-refractivity contribution in [3.8, 4) is 0 Å². The van der Waals surface area contributed by atoms with Gasteiger partial charge in [-0.1, -0.05) is 40.0 Å². The molecule has 1 aliphatic heterocycles. The Balaban J connectivity index is 2.09. The van der Waals surface area contributed by atoms with Gasteiger partial charge in [0.1, 0.15) is 0 Å². The zero-order valence-electron chi connectivity index (χ0n) is 14.1. The van der Waals surface area contributed by atoms with Crippen molar-refractivity contribution in [2.24, 2.45) is 17.8 Å². The van der Waals surface area contributed by atoms with Crippen LogP contribution in [0.3, 0.4) is 0 Å². The number of thioether (sulfide) groups is 1. The normalized spacial score (nSPS) is 30.1. The maximum atomic E-state index is 12.9. The molecule has 1 amide bonds. The van der Waals surface area contributed by atoms with E-state index in [9.17, 15) is 4.79 Å². The number of carbonyl (C=O) groups excluding carboxylic acids is 1. The van der Waals surface area contributed by atoms with E-state index in [0.717, 1.165) is 18.7 Å². The molecule has 2 rings (SSSR count). The summed E-state index contributed by atoms with van der Waals surface area (Å²) in [5, 5.41) is 3.70.